The second-order valence-electron chi connectivity index (χ2n) is 5.14. The summed E-state index contributed by atoms with van der Waals surface area (Å²) in [6.45, 7) is 1.62. The van der Waals surface area contributed by atoms with Crippen LogP contribution in [-0.4, -0.2) is 17.0 Å². The van der Waals surface area contributed by atoms with Gasteiger partial charge in [0.05, 0.1) is 0 Å². The second-order valence-corrected chi connectivity index (χ2v) is 5.14. The van der Waals surface area contributed by atoms with Crippen LogP contribution in [0.25, 0.3) is 0 Å². The zero-order valence-corrected chi connectivity index (χ0v) is 9.43. The molecule has 0 radical (unpaired) electrons. The predicted octanol–water partition coefficient (Wildman–Crippen LogP) is 1.65. The van der Waals surface area contributed by atoms with E-state index < -0.39 is 0 Å². The molecule has 1 aromatic rings. The Morgan fingerprint density at radius 1 is 1.19 bits per heavy atom. The molecule has 2 aliphatic rings. The maximum Gasteiger partial charge on any atom is 0.223 e. The molecule has 1 amide bonds. The normalized spacial score (nSPS) is 31.1. The first-order valence-electron chi connectivity index (χ1n) is 6.21. The largest absolute Gasteiger partial charge is 0.354 e. The van der Waals surface area contributed by atoms with Gasteiger partial charge in [0, 0.05) is 31.4 Å². The molecule has 2 aliphatic carbocycles. The molecule has 86 valence electrons. The highest BCUT2D eigenvalue weighted by atomic mass is 16.1. The number of nitrogens with zero attached hydrogens (tertiary/aromatic N) is 1. The van der Waals surface area contributed by atoms with Gasteiger partial charge < -0.3 is 9.88 Å². The third kappa shape index (κ3) is 1.99. The molecule has 0 bridgehead atoms. The van der Waals surface area contributed by atoms with Crippen LogP contribution in [-0.2, 0) is 11.3 Å². The summed E-state index contributed by atoms with van der Waals surface area (Å²) in [5.41, 5.74) is 0. The van der Waals surface area contributed by atoms with E-state index in [-0.39, 0.29) is 5.91 Å². The first kappa shape index (κ1) is 9.94. The zero-order chi connectivity index (χ0) is 11.0. The molecule has 1 heterocycles. The molecule has 2 saturated carbocycles. The van der Waals surface area contributed by atoms with E-state index in [0.717, 1.165) is 37.8 Å². The number of amides is 1. The van der Waals surface area contributed by atoms with Crippen LogP contribution in [0.3, 0.4) is 0 Å². The number of fused-ring (bicyclic) bond motifs is 1. The second kappa shape index (κ2) is 3.96. The number of hydrogen-bond donors (Lipinski definition) is 1. The van der Waals surface area contributed by atoms with Crippen LogP contribution in [0.2, 0.25) is 0 Å². The Morgan fingerprint density at radius 2 is 1.88 bits per heavy atom. The van der Waals surface area contributed by atoms with Crippen molar-refractivity contribution < 1.29 is 4.79 Å². The van der Waals surface area contributed by atoms with E-state index in [4.69, 9.17) is 0 Å². The molecule has 1 aromatic heterocycles. The fourth-order valence-electron chi connectivity index (χ4n) is 2.90. The smallest absolute Gasteiger partial charge is 0.223 e. The highest BCUT2D eigenvalue weighted by Crippen LogP contribution is 2.54. The number of rotatable bonds is 4. The van der Waals surface area contributed by atoms with Gasteiger partial charge in [-0.3, -0.25) is 4.79 Å². The van der Waals surface area contributed by atoms with Crippen LogP contribution in [0.5, 0.6) is 0 Å². The lowest BCUT2D eigenvalue weighted by Gasteiger charge is -2.12. The van der Waals surface area contributed by atoms with Gasteiger partial charge in [0.15, 0.2) is 0 Å². The van der Waals surface area contributed by atoms with Gasteiger partial charge in [-0.05, 0) is 43.2 Å². The lowest BCUT2D eigenvalue weighted by Crippen LogP contribution is -2.32. The summed E-state index contributed by atoms with van der Waals surface area (Å²) in [7, 11) is 0. The lowest BCUT2D eigenvalue weighted by molar-refractivity contribution is -0.125. The minimum atomic E-state index is 0.277. The molecule has 3 heteroatoms. The Balaban J connectivity index is 1.40. The van der Waals surface area contributed by atoms with E-state index in [1.165, 1.54) is 6.42 Å². The maximum atomic E-state index is 11.8. The van der Waals surface area contributed by atoms with Gasteiger partial charge in [0.1, 0.15) is 0 Å². The van der Waals surface area contributed by atoms with Crippen molar-refractivity contribution in [2.75, 3.05) is 6.54 Å². The topological polar surface area (TPSA) is 34.0 Å². The average Bonchev–Trinajstić information content (AvgIpc) is 2.72. The van der Waals surface area contributed by atoms with Gasteiger partial charge in [-0.25, -0.2) is 0 Å². The van der Waals surface area contributed by atoms with Crippen LogP contribution in [0.4, 0.5) is 0 Å². The van der Waals surface area contributed by atoms with Crippen LogP contribution in [0.1, 0.15) is 19.3 Å². The molecular weight excluding hydrogens is 200 g/mol. The van der Waals surface area contributed by atoms with Gasteiger partial charge in [-0.2, -0.15) is 0 Å². The van der Waals surface area contributed by atoms with Crippen LogP contribution >= 0.6 is 0 Å². The summed E-state index contributed by atoms with van der Waals surface area (Å²) in [5.74, 6) is 2.37. The van der Waals surface area contributed by atoms with Crippen molar-refractivity contribution in [3.05, 3.63) is 24.5 Å². The molecule has 0 saturated heterocycles. The van der Waals surface area contributed by atoms with E-state index in [2.05, 4.69) is 9.88 Å². The molecule has 2 unspecified atom stereocenters. The molecule has 2 atom stereocenters. The highest BCUT2D eigenvalue weighted by Gasteiger charge is 2.47. The molecule has 2 fully saturated rings. The number of carbonyl (C=O) groups excluding carboxylic acids is 1. The van der Waals surface area contributed by atoms with E-state index in [0.29, 0.717) is 5.92 Å². The van der Waals surface area contributed by atoms with Crippen molar-refractivity contribution in [1.29, 1.82) is 0 Å². The Morgan fingerprint density at radius 3 is 2.56 bits per heavy atom. The van der Waals surface area contributed by atoms with Crippen molar-refractivity contribution in [2.45, 2.75) is 25.8 Å². The van der Waals surface area contributed by atoms with Gasteiger partial charge in [0.2, 0.25) is 5.91 Å². The predicted molar refractivity (Wildman–Crippen MR) is 61.8 cm³/mol. The van der Waals surface area contributed by atoms with Gasteiger partial charge in [-0.15, -0.1) is 0 Å². The van der Waals surface area contributed by atoms with Crippen molar-refractivity contribution >= 4 is 5.91 Å². The fraction of sp³-hybridized carbons (Fsp3) is 0.615. The minimum absolute atomic E-state index is 0.277. The quantitative estimate of drug-likeness (QED) is 0.819. The van der Waals surface area contributed by atoms with Crippen molar-refractivity contribution in [2.24, 2.45) is 17.8 Å². The van der Waals surface area contributed by atoms with E-state index in [1.807, 2.05) is 24.5 Å². The highest BCUT2D eigenvalue weighted by molar-refractivity contribution is 5.79. The summed E-state index contributed by atoms with van der Waals surface area (Å²) in [6.07, 6.45) is 7.71. The minimum Gasteiger partial charge on any atom is -0.354 e. The molecule has 16 heavy (non-hydrogen) atoms. The maximum absolute atomic E-state index is 11.8. The van der Waals surface area contributed by atoms with Gasteiger partial charge in [0.25, 0.3) is 0 Å². The Bertz CT molecular complexity index is 361. The van der Waals surface area contributed by atoms with Crippen LogP contribution in [0.15, 0.2) is 24.5 Å². The molecule has 1 N–H and O–H groups in total. The molecule has 0 aromatic carbocycles. The first-order chi connectivity index (χ1) is 7.83. The SMILES string of the molecule is O=C(NCCn1cccc1)C1CC2CC2C1. The Labute approximate surface area is 95.8 Å². The summed E-state index contributed by atoms with van der Waals surface area (Å²) >= 11 is 0. The van der Waals surface area contributed by atoms with Gasteiger partial charge >= 0.3 is 0 Å². The zero-order valence-electron chi connectivity index (χ0n) is 9.43. The average molecular weight is 218 g/mol. The van der Waals surface area contributed by atoms with Gasteiger partial charge in [-0.1, -0.05) is 0 Å². The molecule has 3 nitrogen and oxygen atoms in total. The summed E-state index contributed by atoms with van der Waals surface area (Å²) < 4.78 is 2.09. The number of carbonyl (C=O) groups is 1. The first-order valence-corrected chi connectivity index (χ1v) is 6.21. The van der Waals surface area contributed by atoms with Crippen molar-refractivity contribution in [3.63, 3.8) is 0 Å². The third-order valence-corrected chi connectivity index (χ3v) is 3.95. The number of hydrogen-bond acceptors (Lipinski definition) is 1. The number of aromatic nitrogens is 1. The Hall–Kier alpha value is -1.25. The Kier molecular flexibility index (Phi) is 2.46. The third-order valence-electron chi connectivity index (χ3n) is 3.95. The summed E-state index contributed by atoms with van der Waals surface area (Å²) in [5, 5.41) is 3.04. The molecular formula is C13H18N2O. The van der Waals surface area contributed by atoms with Crippen LogP contribution in [0, 0.1) is 17.8 Å². The standard InChI is InChI=1S/C13H18N2O/c16-13(12-8-10-7-11(10)9-12)14-3-6-15-4-1-2-5-15/h1-2,4-5,10-12H,3,6-9H2,(H,14,16). The van der Waals surface area contributed by atoms with Crippen molar-refractivity contribution in [3.8, 4) is 0 Å². The molecule has 0 spiro atoms. The summed E-state index contributed by atoms with van der Waals surface area (Å²) in [4.78, 5) is 11.8. The van der Waals surface area contributed by atoms with Crippen LogP contribution < -0.4 is 5.32 Å². The lowest BCUT2D eigenvalue weighted by atomic mass is 10.0. The van der Waals surface area contributed by atoms with E-state index in [1.54, 1.807) is 0 Å². The molecule has 3 rings (SSSR count). The molecule has 0 aliphatic heterocycles. The fourth-order valence-corrected chi connectivity index (χ4v) is 2.90. The van der Waals surface area contributed by atoms with Crippen molar-refractivity contribution in [1.82, 2.24) is 9.88 Å². The number of nitrogens with one attached hydrogen (secondary N) is 1. The van der Waals surface area contributed by atoms with E-state index in [9.17, 15) is 4.79 Å². The monoisotopic (exact) mass is 218 g/mol. The summed E-state index contributed by atoms with van der Waals surface area (Å²) in [6, 6.07) is 4.01. The van der Waals surface area contributed by atoms with E-state index >= 15 is 0 Å².